The average Bonchev–Trinajstić information content (AvgIpc) is 0. The van der Waals surface area contributed by atoms with E-state index in [0.29, 0.717) is 0 Å². The van der Waals surface area contributed by atoms with Crippen molar-refractivity contribution in [2.75, 3.05) is 0 Å². The van der Waals surface area contributed by atoms with E-state index in [9.17, 15) is 0 Å². The van der Waals surface area contributed by atoms with Crippen molar-refractivity contribution in [3.63, 3.8) is 0 Å². The maximum Gasteiger partial charge on any atom is 0 e. The van der Waals surface area contributed by atoms with Crippen LogP contribution in [-0.2, 0) is 0 Å². The van der Waals surface area contributed by atoms with Gasteiger partial charge in [-0.1, -0.05) is 0 Å². The molecule has 0 rings (SSSR count). The summed E-state index contributed by atoms with van der Waals surface area (Å²) in [6, 6.07) is 0. The van der Waals surface area contributed by atoms with Gasteiger partial charge in [-0.15, -0.1) is 0 Å². The van der Waals surface area contributed by atoms with E-state index in [4.69, 9.17) is 0 Å². The molecule has 0 aliphatic heterocycles. The molecule has 0 aliphatic carbocycles. The first-order valence-corrected chi connectivity index (χ1v) is 0. The molecule has 0 radical (unpaired) electrons. The quantitative estimate of drug-likeness (QED) is 0.235. The van der Waals surface area contributed by atoms with Gasteiger partial charge in [-0.3, -0.25) is 0 Å². The van der Waals surface area contributed by atoms with E-state index < -0.39 is 0 Å². The van der Waals surface area contributed by atoms with Crippen molar-refractivity contribution >= 4 is 0 Å². The van der Waals surface area contributed by atoms with Crippen LogP contribution in [0, 0.1) is 0 Å². The third-order valence-electron chi connectivity index (χ3n) is 0. The van der Waals surface area contributed by atoms with Crippen LogP contribution in [0.25, 0.3) is 0 Å². The normalized spacial score (nSPS) is 0. The van der Waals surface area contributed by atoms with Crippen LogP contribution in [0.4, 0.5) is 0 Å². The van der Waals surface area contributed by atoms with Crippen molar-refractivity contribution in [1.82, 2.24) is 0 Å². The molecule has 0 aromatic heterocycles. The van der Waals surface area contributed by atoms with Crippen LogP contribution in [0.5, 0.6) is 0 Å². The Morgan fingerprint density at radius 3 is 0.500 bits per heavy atom. The Balaban J connectivity index is 0. The molecular formula is CmI3-3. The molecule has 0 atom stereocenters. The van der Waals surface area contributed by atoms with Crippen LogP contribution in [-0.4, -0.2) is 0 Å². The SMILES string of the molecule is [Cm].[I-].[I-].[I-]. The van der Waals surface area contributed by atoms with Gasteiger partial charge in [0.2, 0.25) is 0 Å². The Bertz CT molecular complexity index is 3.25. The molecule has 0 saturated heterocycles. The summed E-state index contributed by atoms with van der Waals surface area (Å²) in [6.45, 7) is 0. The van der Waals surface area contributed by atoms with Gasteiger partial charge in [0.25, 0.3) is 0 Å². The van der Waals surface area contributed by atoms with Gasteiger partial charge in [0.05, 0.1) is 0 Å². The van der Waals surface area contributed by atoms with Crippen molar-refractivity contribution in [1.29, 1.82) is 0 Å². The molecule has 0 aromatic rings. The van der Waals surface area contributed by atoms with Crippen molar-refractivity contribution in [3.8, 4) is 0 Å². The molecule has 0 N–H and O–H groups in total. The Hall–Kier alpha value is 1.19. The summed E-state index contributed by atoms with van der Waals surface area (Å²) < 4.78 is 0. The smallest absolute Gasteiger partial charge is 0 e. The Labute approximate surface area is 70.8 Å². The first kappa shape index (κ1) is 64.3. The van der Waals surface area contributed by atoms with E-state index >= 15 is 0 Å². The zero-order valence-electron chi connectivity index (χ0n) is 1.49. The summed E-state index contributed by atoms with van der Waals surface area (Å²) in [6.07, 6.45) is 0. The average molecular weight is 628 g/mol. The summed E-state index contributed by atoms with van der Waals surface area (Å²) in [5.41, 5.74) is 0. The van der Waals surface area contributed by atoms with Gasteiger partial charge in [0.15, 0.2) is 0 Å². The number of rotatable bonds is 0. The van der Waals surface area contributed by atoms with Gasteiger partial charge >= 0.3 is 0 Å². The summed E-state index contributed by atoms with van der Waals surface area (Å²) in [5.74, 6) is 0. The second-order valence-electron chi connectivity index (χ2n) is 0. The Morgan fingerprint density at radius 1 is 0.500 bits per heavy atom. The monoisotopic (exact) mass is 624 g/mol. The topological polar surface area (TPSA) is 0 Å². The van der Waals surface area contributed by atoms with Crippen molar-refractivity contribution < 1.29 is 71.9 Å². The van der Waals surface area contributed by atoms with E-state index in [1.54, 1.807) is 0 Å². The molecule has 4 heavy (non-hydrogen) atoms. The summed E-state index contributed by atoms with van der Waals surface area (Å²) in [4.78, 5) is 0. The van der Waals surface area contributed by atoms with Crippen molar-refractivity contribution in [2.45, 2.75) is 0 Å². The number of hydrogen-bond donors (Lipinski definition) is 0. The van der Waals surface area contributed by atoms with Gasteiger partial charge in [-0.05, 0) is 0 Å². The van der Waals surface area contributed by atoms with Crippen LogP contribution in [0.1, 0.15) is 0 Å². The second-order valence-corrected chi connectivity index (χ2v) is 0. The molecule has 0 fully saturated rings. The summed E-state index contributed by atoms with van der Waals surface area (Å²) >= 11 is 0. The Morgan fingerprint density at radius 2 is 0.500 bits per heavy atom. The van der Waals surface area contributed by atoms with E-state index in [1.165, 1.54) is 0 Å². The zero-order valence-corrected chi connectivity index (χ0v) is 10.9. The maximum absolute atomic E-state index is 0. The minimum Gasteiger partial charge on any atom is -1.00 e. The van der Waals surface area contributed by atoms with E-state index in [2.05, 4.69) is 0 Å². The standard InChI is InChI=1S/Cm.3HI/h;3*1H/p-3. The first-order chi connectivity index (χ1) is 0. The largest absolute Gasteiger partial charge is 1.00 e. The van der Waals surface area contributed by atoms with Crippen LogP contribution in [0.3, 0.4) is 0 Å². The minimum atomic E-state index is 0. The minimum absolute atomic E-state index is 0. The molecule has 0 unspecified atom stereocenters. The van der Waals surface area contributed by atoms with E-state index in [1.807, 2.05) is 0 Å². The predicted octanol–water partition coefficient (Wildman–Crippen LogP) is -8.99. The van der Waals surface area contributed by atoms with E-state index in [0.717, 1.165) is 0 Å². The predicted molar refractivity (Wildman–Crippen MR) is 0 cm³/mol. The third kappa shape index (κ3) is 10.8. The third-order valence-corrected chi connectivity index (χ3v) is 0. The van der Waals surface area contributed by atoms with E-state index in [-0.39, 0.29) is 71.9 Å². The maximum atomic E-state index is 0. The molecule has 0 aromatic carbocycles. The van der Waals surface area contributed by atoms with Crippen LogP contribution >= 0.6 is 0 Å². The Kier molecular flexibility index (Phi) is 484. The van der Waals surface area contributed by atoms with Crippen LogP contribution in [0.15, 0.2) is 0 Å². The number of hydrogen-bond acceptors (Lipinski definition) is 0. The molecule has 0 aliphatic rings. The zero-order chi connectivity index (χ0) is 0. The summed E-state index contributed by atoms with van der Waals surface area (Å²) in [7, 11) is 0. The molecule has 32 valence electrons. The van der Waals surface area contributed by atoms with Gasteiger partial charge in [-0.25, -0.2) is 0 Å². The van der Waals surface area contributed by atoms with Crippen LogP contribution < -0.4 is 71.9 Å². The molecule has 4 heteroatoms. The molecule has 0 heterocycles. The number of halogens is 3. The molecule has 0 nitrogen and oxygen atoms in total. The fraction of sp³-hybridized carbons (Fsp3) is 0. The fourth-order valence-electron chi connectivity index (χ4n) is 0. The van der Waals surface area contributed by atoms with Crippen molar-refractivity contribution in [3.05, 3.63) is 0 Å². The van der Waals surface area contributed by atoms with Gasteiger partial charge in [0.1, 0.15) is 0 Å². The second kappa shape index (κ2) is 30.1. The first-order valence-electron chi connectivity index (χ1n) is 0. The molecular weight excluding hydrogens is 628 g/mol. The van der Waals surface area contributed by atoms with Gasteiger partial charge in [-0.2, -0.15) is 0 Å². The van der Waals surface area contributed by atoms with Gasteiger partial charge in [0, 0.05) is 0 Å². The molecule has 0 saturated carbocycles. The van der Waals surface area contributed by atoms with Crippen molar-refractivity contribution in [2.24, 2.45) is 0 Å². The van der Waals surface area contributed by atoms with Gasteiger partial charge < -0.3 is 71.9 Å². The summed E-state index contributed by atoms with van der Waals surface area (Å²) in [5, 5.41) is 0. The molecule has 0 spiro atoms. The molecule has 0 amide bonds. The molecule has 0 bridgehead atoms. The fourth-order valence-corrected chi connectivity index (χ4v) is 0. The van der Waals surface area contributed by atoms with Crippen LogP contribution in [0.2, 0.25) is 0 Å².